The highest BCUT2D eigenvalue weighted by Crippen LogP contribution is 2.31. The highest BCUT2D eigenvalue weighted by atomic mass is 35.5. The molecular weight excluding hydrogens is 317 g/mol. The predicted molar refractivity (Wildman–Crippen MR) is 82.8 cm³/mol. The fourth-order valence-electron chi connectivity index (χ4n) is 1.95. The molecule has 6 nitrogen and oxygen atoms in total. The van der Waals surface area contributed by atoms with Gasteiger partial charge in [-0.05, 0) is 24.3 Å². The summed E-state index contributed by atoms with van der Waals surface area (Å²) in [7, 11) is 0. The minimum atomic E-state index is -0.523. The maximum atomic E-state index is 11.8. The SMILES string of the molecule is Cl.NC(CNC(=O)Cc1ccc([N+](=O)[O-])cc1Cl)C1CC1. The lowest BCUT2D eigenvalue weighted by atomic mass is 10.1. The summed E-state index contributed by atoms with van der Waals surface area (Å²) in [6, 6.07) is 4.09. The van der Waals surface area contributed by atoms with E-state index in [0.717, 1.165) is 12.8 Å². The van der Waals surface area contributed by atoms with Crippen molar-refractivity contribution in [1.29, 1.82) is 0 Å². The number of nitro groups is 1. The van der Waals surface area contributed by atoms with Crippen LogP contribution in [0.5, 0.6) is 0 Å². The van der Waals surface area contributed by atoms with E-state index in [1.54, 1.807) is 0 Å². The van der Waals surface area contributed by atoms with Gasteiger partial charge in [0.1, 0.15) is 0 Å². The average molecular weight is 334 g/mol. The van der Waals surface area contributed by atoms with Crippen molar-refractivity contribution < 1.29 is 9.72 Å². The lowest BCUT2D eigenvalue weighted by molar-refractivity contribution is -0.384. The van der Waals surface area contributed by atoms with Crippen molar-refractivity contribution in [2.45, 2.75) is 25.3 Å². The molecule has 0 aromatic heterocycles. The van der Waals surface area contributed by atoms with Crippen LogP contribution in [0.1, 0.15) is 18.4 Å². The largest absolute Gasteiger partial charge is 0.354 e. The molecule has 1 unspecified atom stereocenters. The number of hydrogen-bond acceptors (Lipinski definition) is 4. The Morgan fingerprint density at radius 2 is 2.19 bits per heavy atom. The monoisotopic (exact) mass is 333 g/mol. The first-order chi connectivity index (χ1) is 9.47. The van der Waals surface area contributed by atoms with Crippen molar-refractivity contribution in [2.24, 2.45) is 11.7 Å². The Kier molecular flexibility index (Phi) is 6.39. The molecule has 1 aliphatic carbocycles. The molecule has 1 fully saturated rings. The summed E-state index contributed by atoms with van der Waals surface area (Å²) in [5, 5.41) is 13.6. The van der Waals surface area contributed by atoms with Crippen LogP contribution in [0.3, 0.4) is 0 Å². The third-order valence-corrected chi connectivity index (χ3v) is 3.71. The maximum Gasteiger partial charge on any atom is 0.270 e. The van der Waals surface area contributed by atoms with E-state index < -0.39 is 4.92 Å². The second-order valence-corrected chi connectivity index (χ2v) is 5.42. The van der Waals surface area contributed by atoms with E-state index >= 15 is 0 Å². The van der Waals surface area contributed by atoms with Gasteiger partial charge in [0.25, 0.3) is 5.69 Å². The van der Waals surface area contributed by atoms with Gasteiger partial charge >= 0.3 is 0 Å². The van der Waals surface area contributed by atoms with Gasteiger partial charge in [-0.2, -0.15) is 0 Å². The molecule has 0 bridgehead atoms. The molecule has 1 amide bonds. The summed E-state index contributed by atoms with van der Waals surface area (Å²) in [5.74, 6) is 0.343. The van der Waals surface area contributed by atoms with E-state index in [-0.39, 0.29) is 41.5 Å². The molecule has 0 heterocycles. The van der Waals surface area contributed by atoms with E-state index in [2.05, 4.69) is 5.32 Å². The number of nitrogens with zero attached hydrogens (tertiary/aromatic N) is 1. The van der Waals surface area contributed by atoms with Crippen LogP contribution in [0.2, 0.25) is 5.02 Å². The number of rotatable bonds is 6. The molecule has 2 rings (SSSR count). The van der Waals surface area contributed by atoms with E-state index in [1.165, 1.54) is 18.2 Å². The molecular formula is C13H17Cl2N3O3. The van der Waals surface area contributed by atoms with Gasteiger partial charge in [-0.25, -0.2) is 0 Å². The van der Waals surface area contributed by atoms with Crippen molar-refractivity contribution in [3.63, 3.8) is 0 Å². The van der Waals surface area contributed by atoms with Crippen LogP contribution in [-0.4, -0.2) is 23.4 Å². The Morgan fingerprint density at radius 3 is 2.71 bits per heavy atom. The zero-order valence-electron chi connectivity index (χ0n) is 11.3. The summed E-state index contributed by atoms with van der Waals surface area (Å²) >= 11 is 5.93. The highest BCUT2D eigenvalue weighted by Gasteiger charge is 2.28. The molecule has 21 heavy (non-hydrogen) atoms. The second kappa shape index (κ2) is 7.59. The molecule has 116 valence electrons. The quantitative estimate of drug-likeness (QED) is 0.614. The minimum absolute atomic E-state index is 0. The molecule has 0 spiro atoms. The van der Waals surface area contributed by atoms with Crippen LogP contribution in [-0.2, 0) is 11.2 Å². The van der Waals surface area contributed by atoms with Gasteiger partial charge in [0, 0.05) is 24.7 Å². The first-order valence-corrected chi connectivity index (χ1v) is 6.80. The lowest BCUT2D eigenvalue weighted by Gasteiger charge is -2.11. The van der Waals surface area contributed by atoms with Crippen molar-refractivity contribution in [3.05, 3.63) is 38.9 Å². The zero-order chi connectivity index (χ0) is 14.7. The number of halogens is 2. The van der Waals surface area contributed by atoms with Crippen molar-refractivity contribution in [2.75, 3.05) is 6.54 Å². The van der Waals surface area contributed by atoms with Crippen LogP contribution in [0.15, 0.2) is 18.2 Å². The van der Waals surface area contributed by atoms with Crippen LogP contribution in [0.25, 0.3) is 0 Å². The number of carbonyl (C=O) groups is 1. The van der Waals surface area contributed by atoms with Gasteiger partial charge in [0.15, 0.2) is 0 Å². The first-order valence-electron chi connectivity index (χ1n) is 6.42. The lowest BCUT2D eigenvalue weighted by Crippen LogP contribution is -2.39. The fourth-order valence-corrected chi connectivity index (χ4v) is 2.19. The Bertz CT molecular complexity index is 535. The molecule has 1 atom stereocenters. The van der Waals surface area contributed by atoms with Crippen molar-refractivity contribution >= 4 is 35.6 Å². The third kappa shape index (κ3) is 5.15. The Balaban J connectivity index is 0.00000220. The number of benzene rings is 1. The van der Waals surface area contributed by atoms with Gasteiger partial charge in [0.05, 0.1) is 16.4 Å². The van der Waals surface area contributed by atoms with Crippen LogP contribution >= 0.6 is 24.0 Å². The smallest absolute Gasteiger partial charge is 0.270 e. The third-order valence-electron chi connectivity index (χ3n) is 3.36. The number of hydrogen-bond donors (Lipinski definition) is 2. The molecule has 3 N–H and O–H groups in total. The maximum absolute atomic E-state index is 11.8. The van der Waals surface area contributed by atoms with Crippen LogP contribution in [0, 0.1) is 16.0 Å². The number of nitrogens with two attached hydrogens (primary N) is 1. The van der Waals surface area contributed by atoms with Crippen molar-refractivity contribution in [3.8, 4) is 0 Å². The number of nitro benzene ring substituents is 1. The van der Waals surface area contributed by atoms with Gasteiger partial charge < -0.3 is 11.1 Å². The average Bonchev–Trinajstić information content (AvgIpc) is 3.22. The number of carbonyl (C=O) groups excluding carboxylic acids is 1. The van der Waals surface area contributed by atoms with Crippen LogP contribution < -0.4 is 11.1 Å². The van der Waals surface area contributed by atoms with E-state index in [9.17, 15) is 14.9 Å². The molecule has 0 saturated heterocycles. The van der Waals surface area contributed by atoms with Gasteiger partial charge in [0.2, 0.25) is 5.91 Å². The van der Waals surface area contributed by atoms with Crippen LogP contribution in [0.4, 0.5) is 5.69 Å². The minimum Gasteiger partial charge on any atom is -0.354 e. The summed E-state index contributed by atoms with van der Waals surface area (Å²) in [4.78, 5) is 21.8. The van der Waals surface area contributed by atoms with Gasteiger partial charge in [-0.15, -0.1) is 12.4 Å². The highest BCUT2D eigenvalue weighted by molar-refractivity contribution is 6.31. The Morgan fingerprint density at radius 1 is 1.52 bits per heavy atom. The fraction of sp³-hybridized carbons (Fsp3) is 0.462. The van der Waals surface area contributed by atoms with E-state index in [1.807, 2.05) is 0 Å². The molecule has 1 saturated carbocycles. The number of nitrogens with one attached hydrogen (secondary N) is 1. The predicted octanol–water partition coefficient (Wildman–Crippen LogP) is 2.07. The first kappa shape index (κ1) is 17.7. The molecule has 1 aromatic carbocycles. The topological polar surface area (TPSA) is 98.3 Å². The molecule has 0 aliphatic heterocycles. The van der Waals surface area contributed by atoms with Gasteiger partial charge in [-0.3, -0.25) is 14.9 Å². The summed E-state index contributed by atoms with van der Waals surface area (Å²) < 4.78 is 0. The molecule has 1 aromatic rings. The molecule has 1 aliphatic rings. The number of non-ortho nitro benzene ring substituents is 1. The normalized spacial score (nSPS) is 15.0. The van der Waals surface area contributed by atoms with Crippen molar-refractivity contribution in [1.82, 2.24) is 5.32 Å². The summed E-state index contributed by atoms with van der Waals surface area (Å²) in [5.41, 5.74) is 6.36. The standard InChI is InChI=1S/C13H16ClN3O3.ClH/c14-11-6-10(17(19)20)4-3-9(11)5-13(18)16-7-12(15)8-1-2-8;/h3-4,6,8,12H,1-2,5,7,15H2,(H,16,18);1H. The van der Waals surface area contributed by atoms with E-state index in [0.29, 0.717) is 18.0 Å². The second-order valence-electron chi connectivity index (χ2n) is 5.01. The summed E-state index contributed by atoms with van der Waals surface area (Å²) in [6.45, 7) is 0.452. The Labute approximate surface area is 133 Å². The Hall–Kier alpha value is -1.37. The molecule has 8 heteroatoms. The number of amides is 1. The van der Waals surface area contributed by atoms with Gasteiger partial charge in [-0.1, -0.05) is 17.7 Å². The zero-order valence-corrected chi connectivity index (χ0v) is 12.8. The summed E-state index contributed by atoms with van der Waals surface area (Å²) in [6.07, 6.45) is 2.35. The van der Waals surface area contributed by atoms with E-state index in [4.69, 9.17) is 17.3 Å². The molecule has 0 radical (unpaired) electrons.